The van der Waals surface area contributed by atoms with E-state index in [9.17, 15) is 4.79 Å². The lowest BCUT2D eigenvalue weighted by Crippen LogP contribution is -2.30. The van der Waals surface area contributed by atoms with E-state index in [-0.39, 0.29) is 5.91 Å². The summed E-state index contributed by atoms with van der Waals surface area (Å²) in [4.78, 5) is 22.3. The number of amides is 1. The molecule has 1 N–H and O–H groups in total. The van der Waals surface area contributed by atoms with Crippen LogP contribution >= 0.6 is 11.6 Å². The van der Waals surface area contributed by atoms with Crippen LogP contribution in [0.25, 0.3) is 11.0 Å². The van der Waals surface area contributed by atoms with Gasteiger partial charge in [-0.2, -0.15) is 0 Å². The van der Waals surface area contributed by atoms with Crippen molar-refractivity contribution >= 4 is 28.5 Å². The van der Waals surface area contributed by atoms with Crippen molar-refractivity contribution in [2.24, 2.45) is 7.05 Å². The van der Waals surface area contributed by atoms with Crippen LogP contribution in [0.4, 0.5) is 0 Å². The van der Waals surface area contributed by atoms with E-state index in [0.717, 1.165) is 22.3 Å². The van der Waals surface area contributed by atoms with Gasteiger partial charge in [0.15, 0.2) is 0 Å². The lowest BCUT2D eigenvalue weighted by Gasteiger charge is -2.23. The van der Waals surface area contributed by atoms with E-state index in [2.05, 4.69) is 9.97 Å². The summed E-state index contributed by atoms with van der Waals surface area (Å²) in [5.41, 5.74) is 4.27. The fourth-order valence-electron chi connectivity index (χ4n) is 3.15. The van der Waals surface area contributed by atoms with Crippen LogP contribution in [0.2, 0.25) is 5.28 Å². The van der Waals surface area contributed by atoms with E-state index in [1.807, 2.05) is 71.2 Å². The molecule has 5 nitrogen and oxygen atoms in total. The van der Waals surface area contributed by atoms with E-state index in [1.165, 1.54) is 0 Å². The highest BCUT2D eigenvalue weighted by atomic mass is 35.5. The van der Waals surface area contributed by atoms with Crippen molar-refractivity contribution in [3.05, 3.63) is 89.0 Å². The first kappa shape index (κ1) is 17.4. The molecule has 0 fully saturated rings. The van der Waals surface area contributed by atoms with E-state index in [1.54, 1.807) is 12.1 Å². The van der Waals surface area contributed by atoms with Gasteiger partial charge in [-0.25, -0.2) is 4.98 Å². The first-order valence-electron chi connectivity index (χ1n) is 8.69. The Hall–Kier alpha value is -3.05. The molecule has 1 amide bonds. The van der Waals surface area contributed by atoms with Gasteiger partial charge in [0.05, 0.1) is 17.6 Å². The number of aromatic amines is 1. The van der Waals surface area contributed by atoms with Gasteiger partial charge >= 0.3 is 0 Å². The lowest BCUT2D eigenvalue weighted by atomic mass is 10.1. The van der Waals surface area contributed by atoms with Crippen LogP contribution in [0, 0.1) is 0 Å². The summed E-state index contributed by atoms with van der Waals surface area (Å²) in [5.74, 6) is -0.0346. The normalized spacial score (nSPS) is 11.0. The van der Waals surface area contributed by atoms with Crippen LogP contribution in [0.5, 0.6) is 0 Å². The summed E-state index contributed by atoms with van der Waals surface area (Å²) in [7, 11) is 1.99. The highest BCUT2D eigenvalue weighted by molar-refractivity contribution is 6.29. The van der Waals surface area contributed by atoms with Gasteiger partial charge in [-0.1, -0.05) is 30.3 Å². The minimum atomic E-state index is -0.0346. The number of hydrogen-bond donors (Lipinski definition) is 1. The van der Waals surface area contributed by atoms with Gasteiger partial charge in [0.25, 0.3) is 5.91 Å². The number of nitrogens with zero attached hydrogens (tertiary/aromatic N) is 3. The summed E-state index contributed by atoms with van der Waals surface area (Å²) in [6.45, 7) is 1.06. The van der Waals surface area contributed by atoms with Crippen LogP contribution in [-0.4, -0.2) is 25.3 Å². The van der Waals surface area contributed by atoms with Crippen molar-refractivity contribution in [1.82, 2.24) is 19.4 Å². The molecule has 4 aromatic rings. The third kappa shape index (κ3) is 3.73. The van der Waals surface area contributed by atoms with Gasteiger partial charge in [0.2, 0.25) is 5.28 Å². The molecule has 27 heavy (non-hydrogen) atoms. The maximum absolute atomic E-state index is 13.3. The zero-order chi connectivity index (χ0) is 18.8. The monoisotopic (exact) mass is 378 g/mol. The molecule has 0 bridgehead atoms. The van der Waals surface area contributed by atoms with Crippen LogP contribution < -0.4 is 0 Å². The molecule has 2 heterocycles. The number of aromatic nitrogens is 3. The largest absolute Gasteiger partial charge is 0.353 e. The van der Waals surface area contributed by atoms with Crippen LogP contribution in [0.1, 0.15) is 21.6 Å². The molecular weight excluding hydrogens is 360 g/mol. The SMILES string of the molecule is Cn1cccc1CN(Cc1ccccc1)C(=O)c1ccc2nc(Cl)[nH]c2c1. The molecule has 0 saturated carbocycles. The number of nitrogens with one attached hydrogen (secondary N) is 1. The highest BCUT2D eigenvalue weighted by Crippen LogP contribution is 2.19. The number of aryl methyl sites for hydroxylation is 1. The molecular formula is C21H19ClN4O. The van der Waals surface area contributed by atoms with Crippen molar-refractivity contribution in [3.63, 3.8) is 0 Å². The van der Waals surface area contributed by atoms with Crippen molar-refractivity contribution in [3.8, 4) is 0 Å². The minimum Gasteiger partial charge on any atom is -0.353 e. The molecule has 0 radical (unpaired) electrons. The zero-order valence-corrected chi connectivity index (χ0v) is 15.6. The maximum Gasteiger partial charge on any atom is 0.254 e. The molecule has 2 aromatic heterocycles. The molecule has 0 atom stereocenters. The zero-order valence-electron chi connectivity index (χ0n) is 14.9. The number of imidazole rings is 1. The number of rotatable bonds is 5. The number of fused-ring (bicyclic) bond motifs is 1. The first-order chi connectivity index (χ1) is 13.1. The minimum absolute atomic E-state index is 0.0346. The van der Waals surface area contributed by atoms with Crippen molar-refractivity contribution < 1.29 is 4.79 Å². The Labute approximate surface area is 162 Å². The number of carbonyl (C=O) groups excluding carboxylic acids is 1. The molecule has 4 rings (SSSR count). The summed E-state index contributed by atoms with van der Waals surface area (Å²) in [6.07, 6.45) is 1.99. The summed E-state index contributed by atoms with van der Waals surface area (Å²) in [6, 6.07) is 19.4. The standard InChI is InChI=1S/C21H19ClN4O/c1-25-11-5-8-17(25)14-26(13-15-6-3-2-4-7-15)20(27)16-9-10-18-19(12-16)24-21(22)23-18/h2-12H,13-14H2,1H3,(H,23,24). The summed E-state index contributed by atoms with van der Waals surface area (Å²) >= 11 is 5.93. The summed E-state index contributed by atoms with van der Waals surface area (Å²) < 4.78 is 2.03. The van der Waals surface area contributed by atoms with Gasteiger partial charge < -0.3 is 14.5 Å². The van der Waals surface area contributed by atoms with Crippen molar-refractivity contribution in [1.29, 1.82) is 0 Å². The Morgan fingerprint density at radius 2 is 1.93 bits per heavy atom. The second kappa shape index (κ2) is 7.29. The predicted octanol–water partition coefficient (Wildman–Crippen LogP) is 4.40. The van der Waals surface area contributed by atoms with E-state index in [4.69, 9.17) is 11.6 Å². The van der Waals surface area contributed by atoms with Crippen LogP contribution in [0.3, 0.4) is 0 Å². The maximum atomic E-state index is 13.3. The molecule has 2 aromatic carbocycles. The van der Waals surface area contributed by atoms with Crippen LogP contribution in [-0.2, 0) is 20.1 Å². The van der Waals surface area contributed by atoms with E-state index < -0.39 is 0 Å². The Morgan fingerprint density at radius 1 is 1.11 bits per heavy atom. The topological polar surface area (TPSA) is 53.9 Å². The van der Waals surface area contributed by atoms with Gasteiger partial charge in [-0.15, -0.1) is 0 Å². The Morgan fingerprint density at radius 3 is 2.67 bits per heavy atom. The van der Waals surface area contributed by atoms with Crippen molar-refractivity contribution in [2.75, 3.05) is 0 Å². The third-order valence-electron chi connectivity index (χ3n) is 4.61. The van der Waals surface area contributed by atoms with Crippen molar-refractivity contribution in [2.45, 2.75) is 13.1 Å². The lowest BCUT2D eigenvalue weighted by molar-refractivity contribution is 0.0726. The molecule has 136 valence electrons. The molecule has 0 aliphatic rings. The fourth-order valence-corrected chi connectivity index (χ4v) is 3.35. The molecule has 0 aliphatic heterocycles. The van der Waals surface area contributed by atoms with Gasteiger partial charge in [0, 0.05) is 31.0 Å². The number of benzene rings is 2. The average Bonchev–Trinajstić information content (AvgIpc) is 3.25. The van der Waals surface area contributed by atoms with E-state index >= 15 is 0 Å². The smallest absolute Gasteiger partial charge is 0.254 e. The predicted molar refractivity (Wildman–Crippen MR) is 107 cm³/mol. The number of halogens is 1. The molecule has 6 heteroatoms. The van der Waals surface area contributed by atoms with E-state index in [0.29, 0.717) is 23.9 Å². The van der Waals surface area contributed by atoms with Gasteiger partial charge in [-0.3, -0.25) is 4.79 Å². The molecule has 0 unspecified atom stereocenters. The van der Waals surface area contributed by atoms with Crippen LogP contribution in [0.15, 0.2) is 66.9 Å². The second-order valence-corrected chi connectivity index (χ2v) is 6.87. The molecule has 0 spiro atoms. The van der Waals surface area contributed by atoms with Gasteiger partial charge in [-0.05, 0) is 47.5 Å². The Bertz CT molecular complexity index is 1080. The Balaban J connectivity index is 1.66. The number of H-pyrrole nitrogens is 1. The molecule has 0 saturated heterocycles. The first-order valence-corrected chi connectivity index (χ1v) is 9.06. The fraction of sp³-hybridized carbons (Fsp3) is 0.143. The number of hydrogen-bond acceptors (Lipinski definition) is 2. The third-order valence-corrected chi connectivity index (χ3v) is 4.79. The van der Waals surface area contributed by atoms with Gasteiger partial charge in [0.1, 0.15) is 0 Å². The molecule has 0 aliphatic carbocycles. The average molecular weight is 379 g/mol. The quantitative estimate of drug-likeness (QED) is 0.559. The Kier molecular flexibility index (Phi) is 4.69. The highest BCUT2D eigenvalue weighted by Gasteiger charge is 2.18. The number of carbonyl (C=O) groups is 1. The summed E-state index contributed by atoms with van der Waals surface area (Å²) in [5, 5.41) is 0.319. The second-order valence-electron chi connectivity index (χ2n) is 6.52.